The standard InChI is InChI=1S/C20H19N5OS/c1-2-25-18-10-6-5-9-17(18)23-20(25)27-13-19(26)24-22-12-14-11-21-16-8-4-3-7-15(14)16/h3-12,21H,2,13H2,1H3,(H,24,26). The quantitative estimate of drug-likeness (QED) is 0.305. The van der Waals surface area contributed by atoms with Gasteiger partial charge in [0.2, 0.25) is 0 Å². The predicted octanol–water partition coefficient (Wildman–Crippen LogP) is 3.78. The summed E-state index contributed by atoms with van der Waals surface area (Å²) in [5.41, 5.74) is 6.59. The molecule has 0 bridgehead atoms. The van der Waals surface area contributed by atoms with Crippen molar-refractivity contribution in [1.82, 2.24) is 20.0 Å². The van der Waals surface area contributed by atoms with Gasteiger partial charge < -0.3 is 9.55 Å². The molecule has 1 amide bonds. The molecule has 0 radical (unpaired) electrons. The van der Waals surface area contributed by atoms with Gasteiger partial charge in [-0.2, -0.15) is 5.10 Å². The van der Waals surface area contributed by atoms with Gasteiger partial charge in [-0.25, -0.2) is 10.4 Å². The van der Waals surface area contributed by atoms with E-state index in [4.69, 9.17) is 0 Å². The Kier molecular flexibility index (Phi) is 4.93. The zero-order chi connectivity index (χ0) is 18.6. The average Bonchev–Trinajstić information content (AvgIpc) is 3.27. The van der Waals surface area contributed by atoms with Crippen LogP contribution < -0.4 is 5.43 Å². The summed E-state index contributed by atoms with van der Waals surface area (Å²) in [5.74, 6) is 0.0972. The molecule has 2 aromatic heterocycles. The molecule has 0 aliphatic heterocycles. The number of aromatic amines is 1. The number of nitrogens with zero attached hydrogens (tertiary/aromatic N) is 3. The maximum absolute atomic E-state index is 12.1. The van der Waals surface area contributed by atoms with E-state index in [1.165, 1.54) is 11.8 Å². The van der Waals surface area contributed by atoms with Crippen LogP contribution in [0.5, 0.6) is 0 Å². The monoisotopic (exact) mass is 377 g/mol. The minimum absolute atomic E-state index is 0.161. The fourth-order valence-corrected chi connectivity index (χ4v) is 3.88. The van der Waals surface area contributed by atoms with Gasteiger partial charge in [0.15, 0.2) is 5.16 Å². The van der Waals surface area contributed by atoms with Crippen LogP contribution in [0.15, 0.2) is 65.0 Å². The second-order valence-electron chi connectivity index (χ2n) is 6.00. The van der Waals surface area contributed by atoms with Crippen molar-refractivity contribution in [2.45, 2.75) is 18.6 Å². The maximum Gasteiger partial charge on any atom is 0.250 e. The van der Waals surface area contributed by atoms with Crippen molar-refractivity contribution < 1.29 is 4.79 Å². The first-order valence-electron chi connectivity index (χ1n) is 8.72. The van der Waals surface area contributed by atoms with Gasteiger partial charge in [0.25, 0.3) is 5.91 Å². The Balaban J connectivity index is 1.39. The highest BCUT2D eigenvalue weighted by Crippen LogP contribution is 2.23. The van der Waals surface area contributed by atoms with Crippen LogP contribution in [-0.4, -0.2) is 32.4 Å². The first-order chi connectivity index (χ1) is 13.3. The van der Waals surface area contributed by atoms with Crippen molar-refractivity contribution in [2.75, 3.05) is 5.75 Å². The summed E-state index contributed by atoms with van der Waals surface area (Å²) in [5, 5.41) is 5.99. The molecule has 0 saturated heterocycles. The summed E-state index contributed by atoms with van der Waals surface area (Å²) in [6.07, 6.45) is 3.53. The van der Waals surface area contributed by atoms with E-state index in [-0.39, 0.29) is 11.7 Å². The number of thioether (sulfide) groups is 1. The Bertz CT molecular complexity index is 1130. The topological polar surface area (TPSA) is 75.1 Å². The smallest absolute Gasteiger partial charge is 0.250 e. The molecule has 0 atom stereocenters. The molecule has 0 fully saturated rings. The Morgan fingerprint density at radius 2 is 2.07 bits per heavy atom. The van der Waals surface area contributed by atoms with E-state index in [9.17, 15) is 4.79 Å². The highest BCUT2D eigenvalue weighted by Gasteiger charge is 2.11. The third-order valence-electron chi connectivity index (χ3n) is 4.28. The van der Waals surface area contributed by atoms with E-state index in [2.05, 4.69) is 32.0 Å². The summed E-state index contributed by atoms with van der Waals surface area (Å²) in [7, 11) is 0. The summed E-state index contributed by atoms with van der Waals surface area (Å²) in [4.78, 5) is 19.9. The number of aromatic nitrogens is 3. The van der Waals surface area contributed by atoms with Gasteiger partial charge in [0.1, 0.15) is 0 Å². The number of aryl methyl sites for hydroxylation is 1. The fraction of sp³-hybridized carbons (Fsp3) is 0.150. The first-order valence-corrected chi connectivity index (χ1v) is 9.71. The Labute approximate surface area is 160 Å². The van der Waals surface area contributed by atoms with Gasteiger partial charge >= 0.3 is 0 Å². The van der Waals surface area contributed by atoms with Crippen LogP contribution in [0, 0.1) is 0 Å². The van der Waals surface area contributed by atoms with Crippen molar-refractivity contribution in [3.05, 3.63) is 60.3 Å². The highest BCUT2D eigenvalue weighted by atomic mass is 32.2. The van der Waals surface area contributed by atoms with Crippen LogP contribution in [0.1, 0.15) is 12.5 Å². The van der Waals surface area contributed by atoms with Crippen LogP contribution in [0.2, 0.25) is 0 Å². The fourth-order valence-electron chi connectivity index (χ4n) is 3.01. The molecular weight excluding hydrogens is 358 g/mol. The molecule has 4 aromatic rings. The summed E-state index contributed by atoms with van der Waals surface area (Å²) in [6, 6.07) is 16.0. The number of para-hydroxylation sites is 3. The Hall–Kier alpha value is -3.06. The van der Waals surface area contributed by atoms with Crippen LogP contribution in [0.25, 0.3) is 21.9 Å². The lowest BCUT2D eigenvalue weighted by molar-refractivity contribution is -0.118. The Morgan fingerprint density at radius 1 is 1.26 bits per heavy atom. The summed E-state index contributed by atoms with van der Waals surface area (Å²) >= 11 is 1.42. The molecule has 0 unspecified atom stereocenters. The number of fused-ring (bicyclic) bond motifs is 2. The largest absolute Gasteiger partial charge is 0.361 e. The number of rotatable bonds is 6. The molecule has 27 heavy (non-hydrogen) atoms. The molecule has 7 heteroatoms. The number of hydrogen-bond acceptors (Lipinski definition) is 4. The van der Waals surface area contributed by atoms with Crippen molar-refractivity contribution in [1.29, 1.82) is 0 Å². The van der Waals surface area contributed by atoms with Gasteiger partial charge in [0.05, 0.1) is 23.0 Å². The molecule has 2 N–H and O–H groups in total. The van der Waals surface area contributed by atoms with E-state index >= 15 is 0 Å². The number of carbonyl (C=O) groups excluding carboxylic acids is 1. The molecule has 136 valence electrons. The molecule has 0 saturated carbocycles. The summed E-state index contributed by atoms with van der Waals surface area (Å²) < 4.78 is 2.11. The lowest BCUT2D eigenvalue weighted by Crippen LogP contribution is -2.20. The lowest BCUT2D eigenvalue weighted by atomic mass is 10.2. The van der Waals surface area contributed by atoms with Gasteiger partial charge in [-0.15, -0.1) is 0 Å². The average molecular weight is 377 g/mol. The Morgan fingerprint density at radius 3 is 2.96 bits per heavy atom. The van der Waals surface area contributed by atoms with E-state index < -0.39 is 0 Å². The van der Waals surface area contributed by atoms with E-state index in [1.54, 1.807) is 6.21 Å². The SMILES string of the molecule is CCn1c(SCC(=O)NN=Cc2c[nH]c3ccccc23)nc2ccccc21. The summed E-state index contributed by atoms with van der Waals surface area (Å²) in [6.45, 7) is 2.88. The lowest BCUT2D eigenvalue weighted by Gasteiger charge is -2.04. The van der Waals surface area contributed by atoms with Crippen LogP contribution in [0.3, 0.4) is 0 Å². The number of H-pyrrole nitrogens is 1. The molecule has 0 aliphatic carbocycles. The first kappa shape index (κ1) is 17.4. The molecule has 2 aromatic carbocycles. The van der Waals surface area contributed by atoms with E-state index in [0.29, 0.717) is 0 Å². The zero-order valence-corrected chi connectivity index (χ0v) is 15.7. The van der Waals surface area contributed by atoms with Gasteiger partial charge in [0, 0.05) is 29.2 Å². The number of imidazole rings is 1. The number of amides is 1. The maximum atomic E-state index is 12.1. The third kappa shape index (κ3) is 3.59. The minimum Gasteiger partial charge on any atom is -0.361 e. The number of hydrogen-bond donors (Lipinski definition) is 2. The van der Waals surface area contributed by atoms with Gasteiger partial charge in [-0.3, -0.25) is 4.79 Å². The molecule has 6 nitrogen and oxygen atoms in total. The van der Waals surface area contributed by atoms with Crippen molar-refractivity contribution in [3.8, 4) is 0 Å². The van der Waals surface area contributed by atoms with Crippen LogP contribution in [-0.2, 0) is 11.3 Å². The van der Waals surface area contributed by atoms with Crippen molar-refractivity contribution in [2.24, 2.45) is 5.10 Å². The number of nitrogens with one attached hydrogen (secondary N) is 2. The highest BCUT2D eigenvalue weighted by molar-refractivity contribution is 7.99. The minimum atomic E-state index is -0.161. The number of carbonyl (C=O) groups is 1. The molecule has 2 heterocycles. The molecule has 0 aliphatic rings. The second-order valence-corrected chi connectivity index (χ2v) is 6.94. The normalized spacial score (nSPS) is 11.6. The predicted molar refractivity (Wildman–Crippen MR) is 110 cm³/mol. The van der Waals surface area contributed by atoms with Crippen LogP contribution >= 0.6 is 11.8 Å². The zero-order valence-electron chi connectivity index (χ0n) is 14.8. The number of hydrazone groups is 1. The van der Waals surface area contributed by atoms with Gasteiger partial charge in [-0.05, 0) is 25.1 Å². The van der Waals surface area contributed by atoms with E-state index in [1.807, 2.05) is 54.7 Å². The molecular formula is C20H19N5OS. The second kappa shape index (κ2) is 7.67. The third-order valence-corrected chi connectivity index (χ3v) is 5.26. The van der Waals surface area contributed by atoms with Crippen molar-refractivity contribution in [3.63, 3.8) is 0 Å². The number of benzene rings is 2. The molecule has 4 rings (SSSR count). The van der Waals surface area contributed by atoms with Crippen molar-refractivity contribution >= 4 is 45.8 Å². The van der Waals surface area contributed by atoms with E-state index in [0.717, 1.165) is 39.2 Å². The van der Waals surface area contributed by atoms with Gasteiger partial charge in [-0.1, -0.05) is 42.1 Å². The molecule has 0 spiro atoms. The van der Waals surface area contributed by atoms with Crippen LogP contribution in [0.4, 0.5) is 0 Å².